The summed E-state index contributed by atoms with van der Waals surface area (Å²) >= 11 is 0. The van der Waals surface area contributed by atoms with Crippen LogP contribution >= 0.6 is 0 Å². The van der Waals surface area contributed by atoms with Crippen LogP contribution in [0.25, 0.3) is 5.78 Å². The SMILES string of the molecule is CS(=O)(=O)c1nnc2ncccn12. The topological polar surface area (TPSA) is 77.2 Å². The van der Waals surface area contributed by atoms with E-state index >= 15 is 0 Å². The van der Waals surface area contributed by atoms with Gasteiger partial charge in [-0.1, -0.05) is 0 Å². The van der Waals surface area contributed by atoms with Crippen LogP contribution in [0.4, 0.5) is 0 Å². The van der Waals surface area contributed by atoms with E-state index < -0.39 is 9.84 Å². The molecule has 0 aliphatic heterocycles. The second kappa shape index (κ2) is 2.49. The first-order valence-corrected chi connectivity index (χ1v) is 5.34. The molecule has 7 heteroatoms. The Kier molecular flexibility index (Phi) is 1.56. The summed E-state index contributed by atoms with van der Waals surface area (Å²) in [6.45, 7) is 0. The first-order chi connectivity index (χ1) is 6.09. The minimum Gasteiger partial charge on any atom is -0.257 e. The third kappa shape index (κ3) is 1.26. The fourth-order valence-electron chi connectivity index (χ4n) is 0.975. The van der Waals surface area contributed by atoms with Gasteiger partial charge in [0, 0.05) is 18.6 Å². The number of hydrogen-bond acceptors (Lipinski definition) is 5. The van der Waals surface area contributed by atoms with Crippen molar-refractivity contribution in [2.75, 3.05) is 6.26 Å². The Labute approximate surface area is 74.2 Å². The van der Waals surface area contributed by atoms with Gasteiger partial charge in [0.25, 0.3) is 10.9 Å². The van der Waals surface area contributed by atoms with Crippen LogP contribution in [0.1, 0.15) is 0 Å². The van der Waals surface area contributed by atoms with Gasteiger partial charge in [-0.3, -0.25) is 4.40 Å². The van der Waals surface area contributed by atoms with Crippen LogP contribution < -0.4 is 0 Å². The molecule has 2 heterocycles. The molecule has 0 amide bonds. The molecule has 0 N–H and O–H groups in total. The highest BCUT2D eigenvalue weighted by Gasteiger charge is 2.15. The van der Waals surface area contributed by atoms with Crippen LogP contribution in [0.15, 0.2) is 23.6 Å². The summed E-state index contributed by atoms with van der Waals surface area (Å²) < 4.78 is 23.6. The van der Waals surface area contributed by atoms with Gasteiger partial charge in [-0.15, -0.1) is 10.2 Å². The maximum Gasteiger partial charge on any atom is 0.255 e. The molecule has 0 unspecified atom stereocenters. The van der Waals surface area contributed by atoms with Crippen molar-refractivity contribution in [2.24, 2.45) is 0 Å². The smallest absolute Gasteiger partial charge is 0.255 e. The Balaban J connectivity index is 2.87. The van der Waals surface area contributed by atoms with Crippen LogP contribution in [0.5, 0.6) is 0 Å². The van der Waals surface area contributed by atoms with Crippen molar-refractivity contribution in [3.63, 3.8) is 0 Å². The van der Waals surface area contributed by atoms with Crippen molar-refractivity contribution in [3.8, 4) is 0 Å². The van der Waals surface area contributed by atoms with E-state index in [-0.39, 0.29) is 10.9 Å². The lowest BCUT2D eigenvalue weighted by Crippen LogP contribution is -2.03. The van der Waals surface area contributed by atoms with E-state index in [2.05, 4.69) is 15.2 Å². The van der Waals surface area contributed by atoms with Crippen LogP contribution in [-0.4, -0.2) is 34.3 Å². The van der Waals surface area contributed by atoms with E-state index in [1.54, 1.807) is 12.3 Å². The highest BCUT2D eigenvalue weighted by molar-refractivity contribution is 7.90. The molecule has 0 bridgehead atoms. The molecule has 68 valence electrons. The summed E-state index contributed by atoms with van der Waals surface area (Å²) in [4.78, 5) is 3.84. The minimum absolute atomic E-state index is 0.0874. The van der Waals surface area contributed by atoms with E-state index in [1.165, 1.54) is 10.6 Å². The molecule has 0 radical (unpaired) electrons. The Morgan fingerprint density at radius 3 is 2.85 bits per heavy atom. The van der Waals surface area contributed by atoms with Crippen molar-refractivity contribution in [1.29, 1.82) is 0 Å². The molecule has 13 heavy (non-hydrogen) atoms. The molecular weight excluding hydrogens is 192 g/mol. The molecule has 0 aliphatic rings. The van der Waals surface area contributed by atoms with Gasteiger partial charge < -0.3 is 0 Å². The maximum absolute atomic E-state index is 11.2. The van der Waals surface area contributed by atoms with Gasteiger partial charge in [-0.25, -0.2) is 13.4 Å². The van der Waals surface area contributed by atoms with Crippen molar-refractivity contribution in [2.45, 2.75) is 5.16 Å². The van der Waals surface area contributed by atoms with Crippen molar-refractivity contribution in [1.82, 2.24) is 19.6 Å². The summed E-state index contributed by atoms with van der Waals surface area (Å²) in [6.07, 6.45) is 4.16. The molecule has 0 fully saturated rings. The van der Waals surface area contributed by atoms with Crippen molar-refractivity contribution in [3.05, 3.63) is 18.5 Å². The van der Waals surface area contributed by atoms with E-state index in [0.717, 1.165) is 6.26 Å². The van der Waals surface area contributed by atoms with Crippen LogP contribution in [0.2, 0.25) is 0 Å². The van der Waals surface area contributed by atoms with E-state index in [4.69, 9.17) is 0 Å². The highest BCUT2D eigenvalue weighted by atomic mass is 32.2. The lowest BCUT2D eigenvalue weighted by molar-refractivity contribution is 0.591. The van der Waals surface area contributed by atoms with Crippen LogP contribution in [-0.2, 0) is 9.84 Å². The fraction of sp³-hybridized carbons (Fsp3) is 0.167. The lowest BCUT2D eigenvalue weighted by Gasteiger charge is -1.93. The van der Waals surface area contributed by atoms with Gasteiger partial charge in [0.15, 0.2) is 0 Å². The second-order valence-electron chi connectivity index (χ2n) is 2.54. The van der Waals surface area contributed by atoms with E-state index in [1.807, 2.05) is 0 Å². The third-order valence-electron chi connectivity index (χ3n) is 1.49. The molecular formula is C6H6N4O2S. The molecule has 0 atom stereocenters. The second-order valence-corrected chi connectivity index (χ2v) is 4.45. The molecule has 0 spiro atoms. The first-order valence-electron chi connectivity index (χ1n) is 3.45. The molecule has 2 aromatic heterocycles. The molecule has 0 aromatic carbocycles. The summed E-state index contributed by atoms with van der Waals surface area (Å²) in [5.41, 5.74) is 0. The molecule has 2 rings (SSSR count). The predicted molar refractivity (Wildman–Crippen MR) is 43.9 cm³/mol. The van der Waals surface area contributed by atoms with Crippen LogP contribution in [0, 0.1) is 0 Å². The number of sulfone groups is 1. The minimum atomic E-state index is -3.34. The summed E-state index contributed by atoms with van der Waals surface area (Å²) in [7, 11) is -3.34. The lowest BCUT2D eigenvalue weighted by atomic mass is 10.7. The first kappa shape index (κ1) is 8.11. The van der Waals surface area contributed by atoms with E-state index in [9.17, 15) is 8.42 Å². The zero-order valence-electron chi connectivity index (χ0n) is 6.75. The maximum atomic E-state index is 11.2. The zero-order valence-corrected chi connectivity index (χ0v) is 7.56. The number of hydrogen-bond donors (Lipinski definition) is 0. The average molecular weight is 198 g/mol. The largest absolute Gasteiger partial charge is 0.257 e. The Morgan fingerprint density at radius 1 is 1.38 bits per heavy atom. The van der Waals surface area contributed by atoms with E-state index in [0.29, 0.717) is 0 Å². The van der Waals surface area contributed by atoms with Crippen molar-refractivity contribution >= 4 is 15.6 Å². The molecule has 0 aliphatic carbocycles. The Morgan fingerprint density at radius 2 is 2.15 bits per heavy atom. The van der Waals surface area contributed by atoms with Crippen molar-refractivity contribution < 1.29 is 8.42 Å². The van der Waals surface area contributed by atoms with Gasteiger partial charge >= 0.3 is 0 Å². The van der Waals surface area contributed by atoms with Crippen LogP contribution in [0.3, 0.4) is 0 Å². The monoisotopic (exact) mass is 198 g/mol. The summed E-state index contributed by atoms with van der Waals surface area (Å²) in [5, 5.41) is 7.05. The number of rotatable bonds is 1. The molecule has 2 aromatic rings. The van der Waals surface area contributed by atoms with Gasteiger partial charge in [-0.2, -0.15) is 0 Å². The zero-order chi connectivity index (χ0) is 9.47. The van der Waals surface area contributed by atoms with Gasteiger partial charge in [-0.05, 0) is 6.07 Å². The standard InChI is InChI=1S/C6H6N4O2S/c1-13(11,12)6-9-8-5-7-3-2-4-10(5)6/h2-4H,1H3. The molecule has 0 saturated carbocycles. The molecule has 6 nitrogen and oxygen atoms in total. The predicted octanol–water partition coefficient (Wildman–Crippen LogP) is -0.472. The average Bonchev–Trinajstić information content (AvgIpc) is 2.45. The van der Waals surface area contributed by atoms with Gasteiger partial charge in [0.05, 0.1) is 0 Å². The number of fused-ring (bicyclic) bond motifs is 1. The summed E-state index contributed by atoms with van der Waals surface area (Å²) in [6, 6.07) is 1.62. The van der Waals surface area contributed by atoms with Gasteiger partial charge in [0.2, 0.25) is 9.84 Å². The van der Waals surface area contributed by atoms with Gasteiger partial charge in [0.1, 0.15) is 0 Å². The quantitative estimate of drug-likeness (QED) is 0.619. The Bertz CT molecular complexity index is 545. The number of aromatic nitrogens is 4. The molecule has 0 saturated heterocycles. The highest BCUT2D eigenvalue weighted by Crippen LogP contribution is 2.05. The third-order valence-corrected chi connectivity index (χ3v) is 2.43. The fourth-order valence-corrected chi connectivity index (χ4v) is 1.66. The number of nitrogens with zero attached hydrogens (tertiary/aromatic N) is 4. The Hall–Kier alpha value is -1.50. The normalized spacial score (nSPS) is 12.1. The summed E-state index contributed by atoms with van der Waals surface area (Å²) in [5.74, 6) is 0.280.